The molecular formula is C13H12O4S. The van der Waals surface area contributed by atoms with Crippen molar-refractivity contribution < 1.29 is 19.4 Å². The number of fused-ring (bicyclic) bond motifs is 1. The number of carbonyl (C=O) groups is 1. The minimum atomic E-state index is 0.148. The Morgan fingerprint density at radius 2 is 1.94 bits per heavy atom. The van der Waals surface area contributed by atoms with Gasteiger partial charge in [-0.3, -0.25) is 4.79 Å². The van der Waals surface area contributed by atoms with Crippen LogP contribution in [0, 0.1) is 0 Å². The lowest BCUT2D eigenvalue weighted by Crippen LogP contribution is -1.95. The second-order valence-corrected chi connectivity index (χ2v) is 4.72. The van der Waals surface area contributed by atoms with Gasteiger partial charge in [0.25, 0.3) is 0 Å². The second-order valence-electron chi connectivity index (χ2n) is 3.95. The highest BCUT2D eigenvalue weighted by Crippen LogP contribution is 2.25. The van der Waals surface area contributed by atoms with E-state index < -0.39 is 0 Å². The Labute approximate surface area is 109 Å². The average Bonchev–Trinajstić information content (AvgIpc) is 2.35. The first-order chi connectivity index (χ1) is 8.69. The molecule has 2 aromatic carbocycles. The lowest BCUT2D eigenvalue weighted by atomic mass is 10.0. The third-order valence-electron chi connectivity index (χ3n) is 2.49. The molecule has 0 radical (unpaired) electrons. The van der Waals surface area contributed by atoms with E-state index in [2.05, 4.69) is 9.37 Å². The van der Waals surface area contributed by atoms with E-state index in [9.17, 15) is 4.79 Å². The summed E-state index contributed by atoms with van der Waals surface area (Å²) in [4.78, 5) is 11.9. The second kappa shape index (κ2) is 5.97. The zero-order chi connectivity index (χ0) is 13.0. The summed E-state index contributed by atoms with van der Waals surface area (Å²) in [6, 6.07) is 11.6. The largest absolute Gasteiger partial charge is 0.300 e. The van der Waals surface area contributed by atoms with Crippen molar-refractivity contribution in [2.45, 2.75) is 18.2 Å². The van der Waals surface area contributed by atoms with E-state index in [1.807, 2.05) is 36.4 Å². The summed E-state index contributed by atoms with van der Waals surface area (Å²) >= 11 is 0.924. The fourth-order valence-electron chi connectivity index (χ4n) is 1.78. The van der Waals surface area contributed by atoms with E-state index in [1.165, 1.54) is 0 Å². The van der Waals surface area contributed by atoms with Crippen LogP contribution in [0.5, 0.6) is 0 Å². The molecule has 0 amide bonds. The molecule has 0 atom stereocenters. The molecule has 2 aromatic rings. The maximum atomic E-state index is 11.1. The summed E-state index contributed by atoms with van der Waals surface area (Å²) in [5.74, 6) is 0.148. The number of rotatable bonds is 5. The van der Waals surface area contributed by atoms with Crippen LogP contribution in [0.15, 0.2) is 41.3 Å². The number of hydrogen-bond acceptors (Lipinski definition) is 5. The van der Waals surface area contributed by atoms with Gasteiger partial charge in [-0.25, -0.2) is 5.26 Å². The van der Waals surface area contributed by atoms with E-state index in [0.29, 0.717) is 6.42 Å². The summed E-state index contributed by atoms with van der Waals surface area (Å²) < 4.78 is 4.37. The Balaban J connectivity index is 2.27. The van der Waals surface area contributed by atoms with Gasteiger partial charge in [-0.2, -0.15) is 0 Å². The molecule has 0 aliphatic heterocycles. The van der Waals surface area contributed by atoms with Crippen LogP contribution in [0.1, 0.15) is 12.5 Å². The van der Waals surface area contributed by atoms with Crippen LogP contribution in [0.4, 0.5) is 0 Å². The van der Waals surface area contributed by atoms with Gasteiger partial charge in [-0.1, -0.05) is 29.3 Å². The highest BCUT2D eigenvalue weighted by molar-refractivity contribution is 7.94. The van der Waals surface area contributed by atoms with Crippen LogP contribution in [0.2, 0.25) is 0 Å². The molecule has 0 bridgehead atoms. The molecule has 0 aliphatic rings. The molecule has 4 nitrogen and oxygen atoms in total. The highest BCUT2D eigenvalue weighted by atomic mass is 32.2. The third kappa shape index (κ3) is 3.30. The van der Waals surface area contributed by atoms with Crippen LogP contribution in [0.3, 0.4) is 0 Å². The maximum Gasteiger partial charge on any atom is 0.134 e. The minimum Gasteiger partial charge on any atom is -0.300 e. The van der Waals surface area contributed by atoms with Gasteiger partial charge in [0.2, 0.25) is 0 Å². The van der Waals surface area contributed by atoms with E-state index in [0.717, 1.165) is 33.3 Å². The Kier molecular flexibility index (Phi) is 4.33. The van der Waals surface area contributed by atoms with Crippen molar-refractivity contribution >= 4 is 28.6 Å². The van der Waals surface area contributed by atoms with Crippen molar-refractivity contribution in [2.24, 2.45) is 0 Å². The molecule has 18 heavy (non-hydrogen) atoms. The molecular weight excluding hydrogens is 252 g/mol. The van der Waals surface area contributed by atoms with Crippen molar-refractivity contribution in [1.29, 1.82) is 0 Å². The van der Waals surface area contributed by atoms with Crippen molar-refractivity contribution in [2.75, 3.05) is 0 Å². The van der Waals surface area contributed by atoms with Crippen LogP contribution in [-0.4, -0.2) is 11.0 Å². The molecule has 0 unspecified atom stereocenters. The van der Waals surface area contributed by atoms with Gasteiger partial charge in [0, 0.05) is 11.3 Å². The van der Waals surface area contributed by atoms with Crippen molar-refractivity contribution in [3.05, 3.63) is 42.0 Å². The van der Waals surface area contributed by atoms with E-state index in [1.54, 1.807) is 6.92 Å². The van der Waals surface area contributed by atoms with Crippen LogP contribution < -0.4 is 0 Å². The van der Waals surface area contributed by atoms with Crippen LogP contribution >= 0.6 is 12.0 Å². The van der Waals surface area contributed by atoms with Gasteiger partial charge in [-0.05, 0) is 35.4 Å². The monoisotopic (exact) mass is 264 g/mol. The normalized spacial score (nSPS) is 10.8. The molecule has 0 fully saturated rings. The number of benzene rings is 2. The number of ketones is 1. The Hall–Kier alpha value is -1.40. The predicted octanol–water partition coefficient (Wildman–Crippen LogP) is 3.40. The molecule has 0 saturated heterocycles. The molecule has 1 N–H and O–H groups in total. The molecule has 94 valence electrons. The first kappa shape index (κ1) is 13.0. The lowest BCUT2D eigenvalue weighted by Gasteiger charge is -2.04. The molecule has 5 heteroatoms. The Morgan fingerprint density at radius 1 is 1.22 bits per heavy atom. The summed E-state index contributed by atoms with van der Waals surface area (Å²) in [5, 5.41) is 13.7. The van der Waals surface area contributed by atoms with Gasteiger partial charge in [0.1, 0.15) is 5.78 Å². The fourth-order valence-corrected chi connectivity index (χ4v) is 2.18. The molecule has 0 aromatic heterocycles. The van der Waals surface area contributed by atoms with Crippen LogP contribution in [0.25, 0.3) is 10.8 Å². The predicted molar refractivity (Wildman–Crippen MR) is 69.0 cm³/mol. The summed E-state index contributed by atoms with van der Waals surface area (Å²) in [5.41, 5.74) is 1.00. The molecule has 0 spiro atoms. The zero-order valence-electron chi connectivity index (χ0n) is 9.75. The van der Waals surface area contributed by atoms with Crippen molar-refractivity contribution in [3.8, 4) is 0 Å². The topological polar surface area (TPSA) is 55.8 Å². The molecule has 2 rings (SSSR count). The van der Waals surface area contributed by atoms with E-state index in [4.69, 9.17) is 5.26 Å². The fraction of sp³-hybridized carbons (Fsp3) is 0.154. The highest BCUT2D eigenvalue weighted by Gasteiger charge is 2.02. The van der Waals surface area contributed by atoms with Gasteiger partial charge in [-0.15, -0.1) is 4.33 Å². The van der Waals surface area contributed by atoms with E-state index in [-0.39, 0.29) is 5.78 Å². The average molecular weight is 264 g/mol. The summed E-state index contributed by atoms with van der Waals surface area (Å²) in [7, 11) is 0. The quantitative estimate of drug-likeness (QED) is 0.509. The smallest absolute Gasteiger partial charge is 0.134 e. The first-order valence-electron chi connectivity index (χ1n) is 5.36. The Morgan fingerprint density at radius 3 is 2.67 bits per heavy atom. The number of carbonyl (C=O) groups excluding carboxylic acids is 1. The first-order valence-corrected chi connectivity index (χ1v) is 6.10. The number of Topliss-reactive ketones (excluding diaryl/α,β-unsaturated/α-hetero) is 1. The number of hydrogen-bond donors (Lipinski definition) is 1. The maximum absolute atomic E-state index is 11.1. The van der Waals surface area contributed by atoms with Gasteiger partial charge in [0.15, 0.2) is 0 Å². The third-order valence-corrected chi connectivity index (χ3v) is 3.07. The van der Waals surface area contributed by atoms with Crippen molar-refractivity contribution in [1.82, 2.24) is 0 Å². The van der Waals surface area contributed by atoms with Gasteiger partial charge < -0.3 is 0 Å². The van der Waals surface area contributed by atoms with Gasteiger partial charge >= 0.3 is 0 Å². The minimum absolute atomic E-state index is 0.148. The van der Waals surface area contributed by atoms with E-state index >= 15 is 0 Å². The van der Waals surface area contributed by atoms with Crippen molar-refractivity contribution in [3.63, 3.8) is 0 Å². The molecule has 0 aliphatic carbocycles. The Bertz CT molecular complexity index is 568. The summed E-state index contributed by atoms with van der Waals surface area (Å²) in [6.07, 6.45) is 0.452. The summed E-state index contributed by atoms with van der Waals surface area (Å²) in [6.45, 7) is 1.58. The lowest BCUT2D eigenvalue weighted by molar-refractivity contribution is -0.432. The zero-order valence-corrected chi connectivity index (χ0v) is 10.6. The van der Waals surface area contributed by atoms with Gasteiger partial charge in [0.05, 0.1) is 12.0 Å². The molecule has 0 saturated carbocycles. The van der Waals surface area contributed by atoms with Crippen LogP contribution in [-0.2, 0) is 20.6 Å². The standard InChI is InChI=1S/C13H12O4S/c1-9(14)6-10-2-3-12-8-13(18-17-16-15)5-4-11(12)7-10/h2-5,7-8,15H,6H2,1H3. The SMILES string of the molecule is CC(=O)Cc1ccc2cc(SOOO)ccc2c1. The molecule has 0 heterocycles.